The number of nitrogens with one attached hydrogen (secondary N) is 2. The number of carbonyl (C=O) groups is 1. The Morgan fingerprint density at radius 1 is 1.11 bits per heavy atom. The number of piperidine rings is 1. The molecule has 28 heavy (non-hydrogen) atoms. The average molecular weight is 463 g/mol. The molecule has 1 aliphatic heterocycles. The first kappa shape index (κ1) is 20.2. The number of benzene rings is 2. The van der Waals surface area contributed by atoms with Crippen molar-refractivity contribution in [2.24, 2.45) is 0 Å². The molecule has 0 unspecified atom stereocenters. The number of nitro groups is 1. The van der Waals surface area contributed by atoms with Gasteiger partial charge in [0.2, 0.25) is 0 Å². The van der Waals surface area contributed by atoms with Crippen LogP contribution in [0.5, 0.6) is 0 Å². The Kier molecular flexibility index (Phi) is 6.58. The molecular weight excluding hydrogens is 444 g/mol. The predicted molar refractivity (Wildman–Crippen MR) is 117 cm³/mol. The Hall–Kier alpha value is -2.52. The topological polar surface area (TPSA) is 87.5 Å². The molecule has 2 aromatic rings. The van der Waals surface area contributed by atoms with Gasteiger partial charge >= 0.3 is 0 Å². The second-order valence-corrected chi connectivity index (χ2v) is 7.75. The maximum atomic E-state index is 12.5. The van der Waals surface area contributed by atoms with Crippen molar-refractivity contribution in [2.75, 3.05) is 23.3 Å². The van der Waals surface area contributed by atoms with Gasteiger partial charge < -0.3 is 10.2 Å². The van der Waals surface area contributed by atoms with E-state index in [1.54, 1.807) is 24.3 Å². The lowest BCUT2D eigenvalue weighted by Gasteiger charge is -2.28. The average Bonchev–Trinajstić information content (AvgIpc) is 2.69. The molecule has 1 saturated heterocycles. The van der Waals surface area contributed by atoms with Crippen LogP contribution in [0.15, 0.2) is 46.9 Å². The first-order valence-corrected chi connectivity index (χ1v) is 10.1. The van der Waals surface area contributed by atoms with Gasteiger partial charge in [-0.1, -0.05) is 15.9 Å². The number of thiocarbonyl (C=S) groups is 1. The molecule has 0 aromatic heterocycles. The van der Waals surface area contributed by atoms with Crippen LogP contribution in [0.25, 0.3) is 0 Å². The number of amides is 1. The number of anilines is 2. The summed E-state index contributed by atoms with van der Waals surface area (Å²) in [6.07, 6.45) is 3.15. The lowest BCUT2D eigenvalue weighted by molar-refractivity contribution is -0.384. The van der Waals surface area contributed by atoms with Crippen LogP contribution >= 0.6 is 28.1 Å². The highest BCUT2D eigenvalue weighted by atomic mass is 79.9. The summed E-state index contributed by atoms with van der Waals surface area (Å²) in [4.78, 5) is 25.6. The molecule has 0 spiro atoms. The van der Waals surface area contributed by atoms with Crippen LogP contribution in [0.3, 0.4) is 0 Å². The van der Waals surface area contributed by atoms with Gasteiger partial charge in [-0.15, -0.1) is 0 Å². The first-order chi connectivity index (χ1) is 13.4. The molecule has 2 N–H and O–H groups in total. The van der Waals surface area contributed by atoms with Crippen molar-refractivity contribution in [3.8, 4) is 0 Å². The molecule has 1 amide bonds. The van der Waals surface area contributed by atoms with Gasteiger partial charge in [-0.2, -0.15) is 0 Å². The van der Waals surface area contributed by atoms with Crippen LogP contribution in [0, 0.1) is 10.1 Å². The van der Waals surface area contributed by atoms with Gasteiger partial charge in [0.05, 0.1) is 4.92 Å². The third kappa shape index (κ3) is 5.05. The lowest BCUT2D eigenvalue weighted by Crippen LogP contribution is -2.34. The van der Waals surface area contributed by atoms with E-state index in [0.29, 0.717) is 5.69 Å². The van der Waals surface area contributed by atoms with Crippen molar-refractivity contribution in [1.29, 1.82) is 0 Å². The number of hydrogen-bond acceptors (Lipinski definition) is 5. The Bertz CT molecular complexity index is 899. The lowest BCUT2D eigenvalue weighted by atomic mass is 10.1. The van der Waals surface area contributed by atoms with Gasteiger partial charge in [0.25, 0.3) is 11.6 Å². The summed E-state index contributed by atoms with van der Waals surface area (Å²) in [5.74, 6) is -0.497. The summed E-state index contributed by atoms with van der Waals surface area (Å²) >= 11 is 8.51. The second-order valence-electron chi connectivity index (χ2n) is 6.42. The van der Waals surface area contributed by atoms with Gasteiger partial charge in [0.15, 0.2) is 5.11 Å². The SMILES string of the molecule is O=C(NC(=S)Nc1ccc(Br)cc1)c1ccc(N2CCCCC2)c([N+](=O)[O-])c1. The fourth-order valence-corrected chi connectivity index (χ4v) is 3.56. The molecule has 0 saturated carbocycles. The minimum Gasteiger partial charge on any atom is -0.366 e. The minimum absolute atomic E-state index is 0.0682. The van der Waals surface area contributed by atoms with Crippen LogP contribution in [-0.4, -0.2) is 29.0 Å². The molecule has 1 aliphatic rings. The fourth-order valence-electron chi connectivity index (χ4n) is 3.08. The maximum Gasteiger partial charge on any atom is 0.293 e. The van der Waals surface area contributed by atoms with E-state index in [2.05, 4.69) is 26.6 Å². The molecule has 9 heteroatoms. The van der Waals surface area contributed by atoms with E-state index in [-0.39, 0.29) is 16.4 Å². The third-order valence-electron chi connectivity index (χ3n) is 4.46. The Morgan fingerprint density at radius 3 is 2.43 bits per heavy atom. The summed E-state index contributed by atoms with van der Waals surface area (Å²) in [7, 11) is 0. The van der Waals surface area contributed by atoms with Crippen molar-refractivity contribution >= 4 is 56.2 Å². The van der Waals surface area contributed by atoms with Crippen molar-refractivity contribution < 1.29 is 9.72 Å². The molecule has 7 nitrogen and oxygen atoms in total. The van der Waals surface area contributed by atoms with E-state index in [9.17, 15) is 14.9 Å². The van der Waals surface area contributed by atoms with Crippen molar-refractivity contribution in [3.05, 3.63) is 62.6 Å². The molecule has 0 aliphatic carbocycles. The summed E-state index contributed by atoms with van der Waals surface area (Å²) in [6, 6.07) is 11.8. The van der Waals surface area contributed by atoms with E-state index in [0.717, 1.165) is 42.5 Å². The molecule has 0 bridgehead atoms. The monoisotopic (exact) mass is 462 g/mol. The zero-order valence-corrected chi connectivity index (χ0v) is 17.4. The highest BCUT2D eigenvalue weighted by molar-refractivity contribution is 9.10. The van der Waals surface area contributed by atoms with Crippen molar-refractivity contribution in [3.63, 3.8) is 0 Å². The molecule has 1 heterocycles. The number of nitro benzene ring substituents is 1. The Labute approximate surface area is 176 Å². The van der Waals surface area contributed by atoms with Crippen LogP contribution in [0.1, 0.15) is 29.6 Å². The largest absolute Gasteiger partial charge is 0.366 e. The van der Waals surface area contributed by atoms with Gasteiger partial charge in [0.1, 0.15) is 5.69 Å². The van der Waals surface area contributed by atoms with Gasteiger partial charge in [-0.3, -0.25) is 20.2 Å². The molecular formula is C19H19BrN4O3S. The zero-order valence-electron chi connectivity index (χ0n) is 15.0. The molecule has 0 atom stereocenters. The molecule has 1 fully saturated rings. The summed E-state index contributed by atoms with van der Waals surface area (Å²) in [6.45, 7) is 1.57. The van der Waals surface area contributed by atoms with E-state index in [4.69, 9.17) is 12.2 Å². The minimum atomic E-state index is -0.497. The van der Waals surface area contributed by atoms with Crippen LogP contribution in [0.2, 0.25) is 0 Å². The standard InChI is InChI=1S/C19H19BrN4O3S/c20-14-5-7-15(8-6-14)21-19(28)22-18(25)13-4-9-16(17(12-13)24(26)27)23-10-2-1-3-11-23/h4-9,12H,1-3,10-11H2,(H2,21,22,25,28). The number of rotatable bonds is 4. The Morgan fingerprint density at radius 2 is 1.79 bits per heavy atom. The van der Waals surface area contributed by atoms with E-state index in [1.807, 2.05) is 17.0 Å². The van der Waals surface area contributed by atoms with Crippen molar-refractivity contribution in [2.45, 2.75) is 19.3 Å². The van der Waals surface area contributed by atoms with Crippen LogP contribution < -0.4 is 15.5 Å². The number of hydrogen-bond donors (Lipinski definition) is 2. The van der Waals surface area contributed by atoms with E-state index in [1.165, 1.54) is 6.07 Å². The van der Waals surface area contributed by atoms with E-state index < -0.39 is 10.8 Å². The van der Waals surface area contributed by atoms with Gasteiger partial charge in [-0.05, 0) is 67.9 Å². The fraction of sp³-hybridized carbons (Fsp3) is 0.263. The highest BCUT2D eigenvalue weighted by Gasteiger charge is 2.23. The molecule has 2 aromatic carbocycles. The molecule has 146 valence electrons. The number of carbonyl (C=O) groups excluding carboxylic acids is 1. The first-order valence-electron chi connectivity index (χ1n) is 8.85. The van der Waals surface area contributed by atoms with Crippen LogP contribution in [0.4, 0.5) is 17.1 Å². The third-order valence-corrected chi connectivity index (χ3v) is 5.19. The number of halogens is 1. The summed E-state index contributed by atoms with van der Waals surface area (Å²) in [5.41, 5.74) is 1.39. The summed E-state index contributed by atoms with van der Waals surface area (Å²) in [5, 5.41) is 17.1. The summed E-state index contributed by atoms with van der Waals surface area (Å²) < 4.78 is 0.925. The van der Waals surface area contributed by atoms with Crippen molar-refractivity contribution in [1.82, 2.24) is 5.32 Å². The zero-order chi connectivity index (χ0) is 20.1. The number of nitrogens with zero attached hydrogens (tertiary/aromatic N) is 2. The molecule has 0 radical (unpaired) electrons. The van der Waals surface area contributed by atoms with Gasteiger partial charge in [0, 0.05) is 34.9 Å². The quantitative estimate of drug-likeness (QED) is 0.395. The smallest absolute Gasteiger partial charge is 0.293 e. The second kappa shape index (κ2) is 9.11. The molecule has 3 rings (SSSR count). The predicted octanol–water partition coefficient (Wildman–Crippen LogP) is 4.47. The van der Waals surface area contributed by atoms with Gasteiger partial charge in [-0.25, -0.2) is 0 Å². The maximum absolute atomic E-state index is 12.5. The van der Waals surface area contributed by atoms with E-state index >= 15 is 0 Å². The Balaban J connectivity index is 1.72. The normalized spacial score (nSPS) is 13.7. The highest BCUT2D eigenvalue weighted by Crippen LogP contribution is 2.31. The van der Waals surface area contributed by atoms with Crippen LogP contribution in [-0.2, 0) is 0 Å².